The number of methoxy groups -OCH3 is 1. The lowest BCUT2D eigenvalue weighted by Crippen LogP contribution is -2.24. The van der Waals surface area contributed by atoms with E-state index in [4.69, 9.17) is 16.2 Å². The summed E-state index contributed by atoms with van der Waals surface area (Å²) in [4.78, 5) is 24.6. The predicted molar refractivity (Wildman–Crippen MR) is 122 cm³/mol. The number of halogens is 3. The molecule has 5 N–H and O–H groups in total. The molecule has 3 aromatic rings. The van der Waals surface area contributed by atoms with Crippen LogP contribution in [-0.4, -0.2) is 28.7 Å². The third-order valence-corrected chi connectivity index (χ3v) is 6.11. The van der Waals surface area contributed by atoms with Crippen LogP contribution in [0.5, 0.6) is 5.75 Å². The van der Waals surface area contributed by atoms with E-state index in [1.54, 1.807) is 0 Å². The fourth-order valence-electron chi connectivity index (χ4n) is 4.35. The van der Waals surface area contributed by atoms with Crippen LogP contribution in [0.4, 0.5) is 19.0 Å². The van der Waals surface area contributed by atoms with Crippen LogP contribution in [0.3, 0.4) is 0 Å². The number of rotatable bonds is 7. The third kappa shape index (κ3) is 4.66. The van der Waals surface area contributed by atoms with Crippen molar-refractivity contribution >= 4 is 17.6 Å². The number of nitrogens with two attached hydrogens (primary N) is 2. The molecule has 1 fully saturated rings. The van der Waals surface area contributed by atoms with Gasteiger partial charge in [-0.15, -0.1) is 0 Å². The smallest absolute Gasteiger partial charge is 0.255 e. The molecule has 1 aliphatic carbocycles. The zero-order valence-corrected chi connectivity index (χ0v) is 18.9. The number of anilines is 1. The lowest BCUT2D eigenvalue weighted by atomic mass is 10.0. The van der Waals surface area contributed by atoms with Crippen molar-refractivity contribution in [3.8, 4) is 17.0 Å². The fraction of sp³-hybridized carbons (Fsp3) is 0.292. The maximum atomic E-state index is 14.9. The summed E-state index contributed by atoms with van der Waals surface area (Å²) in [5, 5.41) is 6.73. The van der Waals surface area contributed by atoms with Crippen molar-refractivity contribution in [2.75, 3.05) is 12.8 Å². The zero-order chi connectivity index (χ0) is 25.3. The summed E-state index contributed by atoms with van der Waals surface area (Å²) in [5.41, 5.74) is 10.9. The Morgan fingerprint density at radius 2 is 1.80 bits per heavy atom. The number of carbonyl (C=O) groups excluding carboxylic acids is 2. The summed E-state index contributed by atoms with van der Waals surface area (Å²) in [7, 11) is 1.31. The number of nitrogen functional groups attached to an aromatic ring is 1. The van der Waals surface area contributed by atoms with E-state index >= 15 is 0 Å². The molecule has 4 rings (SSSR count). The summed E-state index contributed by atoms with van der Waals surface area (Å²) < 4.78 is 50.0. The number of hydrogen-bond donors (Lipinski definition) is 3. The summed E-state index contributed by atoms with van der Waals surface area (Å²) in [6.07, 6.45) is 3.61. The molecule has 0 bridgehead atoms. The molecule has 0 unspecified atom stereocenters. The number of benzene rings is 2. The Labute approximate surface area is 199 Å². The average Bonchev–Trinajstić information content (AvgIpc) is 3.46. The molecular formula is C24H24F3N5O3. The normalized spacial score (nSPS) is 13.7. The van der Waals surface area contributed by atoms with Crippen molar-refractivity contribution in [2.24, 2.45) is 5.73 Å². The number of ether oxygens (including phenoxy) is 1. The number of aromatic nitrogens is 2. The second-order valence-electron chi connectivity index (χ2n) is 8.30. The Hall–Kier alpha value is -4.02. The molecule has 0 spiro atoms. The SMILES string of the molecule is COc1ccc(F)cc1C(=O)NCc1c(F)cc(-c2nn(C3CCCC3)c(N)c2C(N)=O)cc1F. The van der Waals surface area contributed by atoms with Gasteiger partial charge in [-0.2, -0.15) is 5.10 Å². The second-order valence-corrected chi connectivity index (χ2v) is 8.30. The number of primary amides is 1. The lowest BCUT2D eigenvalue weighted by molar-refractivity contribution is 0.0945. The molecule has 2 amide bonds. The minimum Gasteiger partial charge on any atom is -0.496 e. The quantitative estimate of drug-likeness (QED) is 0.469. The van der Waals surface area contributed by atoms with E-state index in [0.717, 1.165) is 49.9 Å². The number of nitrogens with one attached hydrogen (secondary N) is 1. The van der Waals surface area contributed by atoms with Gasteiger partial charge in [0, 0.05) is 17.7 Å². The molecule has 0 saturated heterocycles. The minimum absolute atomic E-state index is 0.0141. The number of hydrogen-bond acceptors (Lipinski definition) is 5. The van der Waals surface area contributed by atoms with Gasteiger partial charge in [-0.25, -0.2) is 17.9 Å². The van der Waals surface area contributed by atoms with Gasteiger partial charge in [0.2, 0.25) is 0 Å². The summed E-state index contributed by atoms with van der Waals surface area (Å²) in [6, 6.07) is 5.33. The van der Waals surface area contributed by atoms with Crippen molar-refractivity contribution < 1.29 is 27.5 Å². The maximum Gasteiger partial charge on any atom is 0.255 e. The first-order chi connectivity index (χ1) is 16.7. The molecule has 1 saturated carbocycles. The molecular weight excluding hydrogens is 463 g/mol. The van der Waals surface area contributed by atoms with Crippen molar-refractivity contribution in [3.05, 3.63) is 64.5 Å². The van der Waals surface area contributed by atoms with Crippen molar-refractivity contribution in [3.63, 3.8) is 0 Å². The van der Waals surface area contributed by atoms with E-state index in [2.05, 4.69) is 10.4 Å². The van der Waals surface area contributed by atoms with E-state index in [0.29, 0.717) is 0 Å². The molecule has 11 heteroatoms. The van der Waals surface area contributed by atoms with Gasteiger partial charge >= 0.3 is 0 Å². The Bertz CT molecular complexity index is 1280. The van der Waals surface area contributed by atoms with Crippen molar-refractivity contribution in [2.45, 2.75) is 38.3 Å². The van der Waals surface area contributed by atoms with E-state index in [1.807, 2.05) is 0 Å². The molecule has 0 aliphatic heterocycles. The van der Waals surface area contributed by atoms with Gasteiger partial charge in [-0.3, -0.25) is 9.59 Å². The fourth-order valence-corrected chi connectivity index (χ4v) is 4.35. The second kappa shape index (κ2) is 9.69. The monoisotopic (exact) mass is 487 g/mol. The number of nitrogens with zero attached hydrogens (tertiary/aromatic N) is 2. The zero-order valence-electron chi connectivity index (χ0n) is 18.9. The van der Waals surface area contributed by atoms with Crippen LogP contribution in [-0.2, 0) is 6.54 Å². The molecule has 1 aromatic heterocycles. The molecule has 35 heavy (non-hydrogen) atoms. The standard InChI is InChI=1S/C24H24F3N5O3/c1-35-19-7-6-13(25)10-15(19)24(34)30-11-16-17(26)8-12(9-18(16)27)21-20(23(29)33)22(28)32(31-21)14-4-2-3-5-14/h6-10,14H,2-5,11,28H2,1H3,(H2,29,33)(H,30,34). The van der Waals surface area contributed by atoms with Gasteiger partial charge < -0.3 is 21.5 Å². The average molecular weight is 487 g/mol. The van der Waals surface area contributed by atoms with E-state index in [-0.39, 0.29) is 40.0 Å². The van der Waals surface area contributed by atoms with Crippen LogP contribution >= 0.6 is 0 Å². The summed E-state index contributed by atoms with van der Waals surface area (Å²) in [5.74, 6) is -4.09. The van der Waals surface area contributed by atoms with Crippen LogP contribution in [0.2, 0.25) is 0 Å². The minimum atomic E-state index is -0.976. The van der Waals surface area contributed by atoms with Crippen LogP contribution < -0.4 is 21.5 Å². The molecule has 184 valence electrons. The Balaban J connectivity index is 1.62. The molecule has 2 aromatic carbocycles. The van der Waals surface area contributed by atoms with E-state index < -0.39 is 41.4 Å². The van der Waals surface area contributed by atoms with Gasteiger partial charge in [0.1, 0.15) is 40.3 Å². The van der Waals surface area contributed by atoms with E-state index in [9.17, 15) is 22.8 Å². The molecule has 8 nitrogen and oxygen atoms in total. The molecule has 0 atom stereocenters. The highest BCUT2D eigenvalue weighted by atomic mass is 19.1. The topological polar surface area (TPSA) is 125 Å². The van der Waals surface area contributed by atoms with Crippen LogP contribution in [0.25, 0.3) is 11.3 Å². The first-order valence-electron chi connectivity index (χ1n) is 11.0. The van der Waals surface area contributed by atoms with Gasteiger partial charge in [0.25, 0.3) is 11.8 Å². The highest BCUT2D eigenvalue weighted by molar-refractivity contribution is 6.03. The van der Waals surface area contributed by atoms with Crippen molar-refractivity contribution in [1.82, 2.24) is 15.1 Å². The first-order valence-corrected chi connectivity index (χ1v) is 11.0. The van der Waals surface area contributed by atoms with Crippen LogP contribution in [0, 0.1) is 17.5 Å². The van der Waals surface area contributed by atoms with Gasteiger partial charge in [-0.05, 0) is 43.2 Å². The van der Waals surface area contributed by atoms with Gasteiger partial charge in [0.05, 0.1) is 18.7 Å². The summed E-state index contributed by atoms with van der Waals surface area (Å²) in [6.45, 7) is -0.516. The van der Waals surface area contributed by atoms with Crippen molar-refractivity contribution in [1.29, 1.82) is 0 Å². The Kier molecular flexibility index (Phi) is 6.68. The first kappa shape index (κ1) is 24.1. The third-order valence-electron chi connectivity index (χ3n) is 6.11. The Morgan fingerprint density at radius 1 is 1.14 bits per heavy atom. The van der Waals surface area contributed by atoms with Crippen LogP contribution in [0.15, 0.2) is 30.3 Å². The maximum absolute atomic E-state index is 14.9. The van der Waals surface area contributed by atoms with Gasteiger partial charge in [0.15, 0.2) is 0 Å². The number of carbonyl (C=O) groups is 2. The predicted octanol–water partition coefficient (Wildman–Crippen LogP) is 3.70. The highest BCUT2D eigenvalue weighted by Crippen LogP contribution is 2.36. The summed E-state index contributed by atoms with van der Waals surface area (Å²) >= 11 is 0. The van der Waals surface area contributed by atoms with Gasteiger partial charge in [-0.1, -0.05) is 12.8 Å². The van der Waals surface area contributed by atoms with E-state index in [1.165, 1.54) is 17.9 Å². The Morgan fingerprint density at radius 3 is 2.40 bits per heavy atom. The highest BCUT2D eigenvalue weighted by Gasteiger charge is 2.28. The van der Waals surface area contributed by atoms with Crippen LogP contribution in [0.1, 0.15) is 58.0 Å². The lowest BCUT2D eigenvalue weighted by Gasteiger charge is -2.12. The molecule has 1 aliphatic rings. The number of amides is 2. The molecule has 1 heterocycles. The largest absolute Gasteiger partial charge is 0.496 e. The molecule has 0 radical (unpaired) electrons.